The molecule has 1 aromatic heterocycles. The van der Waals surface area contributed by atoms with E-state index in [0.29, 0.717) is 47.1 Å². The van der Waals surface area contributed by atoms with Crippen molar-refractivity contribution in [2.75, 3.05) is 31.4 Å². The van der Waals surface area contributed by atoms with Crippen LogP contribution >= 0.6 is 27.7 Å². The van der Waals surface area contributed by atoms with E-state index in [1.165, 1.54) is 0 Å². The number of carbonyl (C=O) groups is 1. The standard InChI is InChI=1S/C23H31BrN4O4S/c1-6-9-10-32-21(29)18-14(4)25-22-26-23(33-11-7-2)27-28(22)19(18)15-12-16(24)20(31-8-3)17(13-15)30-5/h12-13,19H,6-11H2,1-5H3,(H,25,26,27). The summed E-state index contributed by atoms with van der Waals surface area (Å²) in [4.78, 5) is 17.9. The Hall–Kier alpha value is -2.20. The molecule has 1 aliphatic heterocycles. The van der Waals surface area contributed by atoms with Gasteiger partial charge in [0.25, 0.3) is 0 Å². The van der Waals surface area contributed by atoms with Gasteiger partial charge < -0.3 is 19.5 Å². The fourth-order valence-electron chi connectivity index (χ4n) is 3.53. The van der Waals surface area contributed by atoms with Crippen LogP contribution in [0.4, 0.5) is 5.95 Å². The summed E-state index contributed by atoms with van der Waals surface area (Å²) >= 11 is 5.19. The lowest BCUT2D eigenvalue weighted by Crippen LogP contribution is -2.30. The fraction of sp³-hybridized carbons (Fsp3) is 0.522. The number of nitrogens with zero attached hydrogens (tertiary/aromatic N) is 3. The van der Waals surface area contributed by atoms with Gasteiger partial charge in [-0.2, -0.15) is 4.98 Å². The molecule has 0 saturated carbocycles. The number of allylic oxidation sites excluding steroid dienone is 1. The lowest BCUT2D eigenvalue weighted by Gasteiger charge is -2.28. The van der Waals surface area contributed by atoms with E-state index in [-0.39, 0.29) is 5.97 Å². The van der Waals surface area contributed by atoms with Crippen LogP contribution in [-0.2, 0) is 9.53 Å². The van der Waals surface area contributed by atoms with Crippen LogP contribution in [0.15, 0.2) is 33.0 Å². The van der Waals surface area contributed by atoms with Crippen molar-refractivity contribution in [1.82, 2.24) is 14.8 Å². The Morgan fingerprint density at radius 3 is 2.73 bits per heavy atom. The van der Waals surface area contributed by atoms with Crippen LogP contribution in [0.1, 0.15) is 58.6 Å². The number of anilines is 1. The fourth-order valence-corrected chi connectivity index (χ4v) is 4.79. The average molecular weight is 539 g/mol. The Labute approximate surface area is 207 Å². The maximum absolute atomic E-state index is 13.2. The highest BCUT2D eigenvalue weighted by Crippen LogP contribution is 2.43. The predicted molar refractivity (Wildman–Crippen MR) is 133 cm³/mol. The first kappa shape index (κ1) is 25.4. The van der Waals surface area contributed by atoms with Gasteiger partial charge in [-0.15, -0.1) is 5.10 Å². The molecule has 1 unspecified atom stereocenters. The molecule has 2 heterocycles. The number of thioether (sulfide) groups is 1. The van der Waals surface area contributed by atoms with Crippen LogP contribution in [0.3, 0.4) is 0 Å². The minimum Gasteiger partial charge on any atom is -0.493 e. The molecule has 0 bridgehead atoms. The molecule has 0 radical (unpaired) electrons. The Morgan fingerprint density at radius 1 is 1.27 bits per heavy atom. The topological polar surface area (TPSA) is 87.5 Å². The molecule has 8 nitrogen and oxygen atoms in total. The number of methoxy groups -OCH3 is 1. The Morgan fingerprint density at radius 2 is 2.06 bits per heavy atom. The second kappa shape index (κ2) is 11.8. The molecular weight excluding hydrogens is 508 g/mol. The van der Waals surface area contributed by atoms with E-state index in [1.807, 2.05) is 26.0 Å². The summed E-state index contributed by atoms with van der Waals surface area (Å²) in [5.74, 6) is 2.31. The summed E-state index contributed by atoms with van der Waals surface area (Å²) in [5, 5.41) is 8.63. The number of nitrogens with one attached hydrogen (secondary N) is 1. The van der Waals surface area contributed by atoms with E-state index in [2.05, 4.69) is 40.1 Å². The van der Waals surface area contributed by atoms with E-state index in [4.69, 9.17) is 19.3 Å². The van der Waals surface area contributed by atoms with E-state index in [0.717, 1.165) is 35.1 Å². The first-order valence-electron chi connectivity index (χ1n) is 11.2. The summed E-state index contributed by atoms with van der Waals surface area (Å²) in [6.07, 6.45) is 2.77. The van der Waals surface area contributed by atoms with Crippen molar-refractivity contribution < 1.29 is 19.0 Å². The highest BCUT2D eigenvalue weighted by molar-refractivity contribution is 9.10. The molecule has 3 rings (SSSR count). The van der Waals surface area contributed by atoms with Gasteiger partial charge in [0.15, 0.2) is 11.5 Å². The highest BCUT2D eigenvalue weighted by atomic mass is 79.9. The van der Waals surface area contributed by atoms with Crippen molar-refractivity contribution in [3.05, 3.63) is 33.4 Å². The van der Waals surface area contributed by atoms with Crippen molar-refractivity contribution in [3.63, 3.8) is 0 Å². The van der Waals surface area contributed by atoms with Crippen LogP contribution in [0.2, 0.25) is 0 Å². The molecule has 1 aromatic carbocycles. The smallest absolute Gasteiger partial charge is 0.338 e. The molecule has 0 fully saturated rings. The largest absolute Gasteiger partial charge is 0.493 e. The van der Waals surface area contributed by atoms with Gasteiger partial charge in [0, 0.05) is 11.4 Å². The predicted octanol–water partition coefficient (Wildman–Crippen LogP) is 5.58. The van der Waals surface area contributed by atoms with Crippen LogP contribution < -0.4 is 14.8 Å². The molecular formula is C23H31BrN4O4S. The van der Waals surface area contributed by atoms with Crippen LogP contribution in [0.5, 0.6) is 11.5 Å². The molecule has 10 heteroatoms. The average Bonchev–Trinajstić information content (AvgIpc) is 3.20. The molecule has 180 valence electrons. The third kappa shape index (κ3) is 5.66. The highest BCUT2D eigenvalue weighted by Gasteiger charge is 2.36. The Balaban J connectivity index is 2.12. The molecule has 0 spiro atoms. The third-order valence-corrected chi connectivity index (χ3v) is 6.71. The number of esters is 1. The second-order valence-corrected chi connectivity index (χ2v) is 9.45. The van der Waals surface area contributed by atoms with E-state index in [1.54, 1.807) is 23.6 Å². The zero-order valence-corrected chi connectivity index (χ0v) is 22.1. The number of hydrogen-bond donors (Lipinski definition) is 1. The zero-order chi connectivity index (χ0) is 24.0. The lowest BCUT2D eigenvalue weighted by atomic mass is 9.95. The maximum Gasteiger partial charge on any atom is 0.338 e. The number of benzene rings is 1. The van der Waals surface area contributed by atoms with Gasteiger partial charge in [-0.05, 0) is 60.3 Å². The first-order chi connectivity index (χ1) is 15.9. The normalized spacial score (nSPS) is 15.2. The number of hydrogen-bond acceptors (Lipinski definition) is 8. The minimum absolute atomic E-state index is 0.369. The molecule has 1 atom stereocenters. The van der Waals surface area contributed by atoms with Gasteiger partial charge in [0.05, 0.1) is 30.4 Å². The molecule has 1 N–H and O–H groups in total. The van der Waals surface area contributed by atoms with Crippen LogP contribution in [0, 0.1) is 0 Å². The zero-order valence-electron chi connectivity index (χ0n) is 19.7. The van der Waals surface area contributed by atoms with Crippen LogP contribution in [0.25, 0.3) is 0 Å². The van der Waals surface area contributed by atoms with Gasteiger partial charge in [0.1, 0.15) is 6.04 Å². The van der Waals surface area contributed by atoms with Crippen molar-refractivity contribution in [2.45, 2.75) is 58.2 Å². The number of carbonyl (C=O) groups excluding carboxylic acids is 1. The first-order valence-corrected chi connectivity index (χ1v) is 13.0. The van der Waals surface area contributed by atoms with Crippen molar-refractivity contribution >= 4 is 39.6 Å². The number of aromatic nitrogens is 3. The molecule has 33 heavy (non-hydrogen) atoms. The lowest BCUT2D eigenvalue weighted by molar-refractivity contribution is -0.139. The van der Waals surface area contributed by atoms with Crippen molar-refractivity contribution in [2.24, 2.45) is 0 Å². The number of rotatable bonds is 11. The molecule has 0 amide bonds. The summed E-state index contributed by atoms with van der Waals surface area (Å²) in [6.45, 7) is 8.83. The molecule has 2 aromatic rings. The third-order valence-electron chi connectivity index (χ3n) is 5.08. The van der Waals surface area contributed by atoms with Gasteiger partial charge in [-0.1, -0.05) is 32.0 Å². The number of halogens is 1. The quantitative estimate of drug-likeness (QED) is 0.225. The van der Waals surface area contributed by atoms with E-state index >= 15 is 0 Å². The summed E-state index contributed by atoms with van der Waals surface area (Å²) in [7, 11) is 1.60. The summed E-state index contributed by atoms with van der Waals surface area (Å²) in [5.41, 5.74) is 2.00. The van der Waals surface area contributed by atoms with E-state index < -0.39 is 6.04 Å². The number of fused-ring (bicyclic) bond motifs is 1. The van der Waals surface area contributed by atoms with Gasteiger partial charge in [0.2, 0.25) is 11.1 Å². The maximum atomic E-state index is 13.2. The monoisotopic (exact) mass is 538 g/mol. The van der Waals surface area contributed by atoms with Crippen molar-refractivity contribution in [1.29, 1.82) is 0 Å². The van der Waals surface area contributed by atoms with E-state index in [9.17, 15) is 4.79 Å². The Kier molecular flexibility index (Phi) is 9.08. The van der Waals surface area contributed by atoms with Gasteiger partial charge >= 0.3 is 5.97 Å². The van der Waals surface area contributed by atoms with Crippen molar-refractivity contribution in [3.8, 4) is 11.5 Å². The summed E-state index contributed by atoms with van der Waals surface area (Å²) < 4.78 is 19.5. The number of unbranched alkanes of at least 4 members (excludes halogenated alkanes) is 1. The summed E-state index contributed by atoms with van der Waals surface area (Å²) in [6, 6.07) is 3.28. The SMILES string of the molecule is CCCCOC(=O)C1=C(C)Nc2nc(SCCC)nn2C1c1cc(Br)c(OCC)c(OC)c1. The Bertz CT molecular complexity index is 1020. The van der Waals surface area contributed by atoms with Gasteiger partial charge in [-0.25, -0.2) is 9.48 Å². The molecule has 0 aliphatic carbocycles. The minimum atomic E-state index is -0.528. The van der Waals surface area contributed by atoms with Crippen LogP contribution in [-0.4, -0.2) is 46.8 Å². The molecule has 0 saturated heterocycles. The second-order valence-electron chi connectivity index (χ2n) is 7.53. The van der Waals surface area contributed by atoms with Gasteiger partial charge in [-0.3, -0.25) is 0 Å². The molecule has 1 aliphatic rings. The number of ether oxygens (including phenoxy) is 3.